The van der Waals surface area contributed by atoms with Gasteiger partial charge in [0.2, 0.25) is 0 Å². The number of hydrogen-bond donors (Lipinski definition) is 1. The molecule has 3 heteroatoms. The van der Waals surface area contributed by atoms with Gasteiger partial charge in [0.25, 0.3) is 0 Å². The zero-order valence-electron chi connectivity index (χ0n) is 7.71. The average Bonchev–Trinajstić information content (AvgIpc) is 2.53. The van der Waals surface area contributed by atoms with E-state index in [9.17, 15) is 4.79 Å². The van der Waals surface area contributed by atoms with Gasteiger partial charge in [0.05, 0.1) is 5.52 Å². The fraction of sp³-hybridized carbons (Fsp3) is 0.273. The van der Waals surface area contributed by atoms with Gasteiger partial charge in [-0.15, -0.1) is 0 Å². The lowest BCUT2D eigenvalue weighted by Crippen LogP contribution is -1.96. The monoisotopic (exact) mass is 186 g/mol. The quantitative estimate of drug-likeness (QED) is 0.684. The predicted molar refractivity (Wildman–Crippen MR) is 53.4 cm³/mol. The standard InChI is InChI=1S/C11H10N2O/c14-10-6-2-5-9-11-7(10)3-1-4-8(11)12-13-9/h1,3-4H,2,5-6H2,(H,12,13). The Balaban J connectivity index is 2.44. The van der Waals surface area contributed by atoms with E-state index in [-0.39, 0.29) is 5.78 Å². The fourth-order valence-corrected chi connectivity index (χ4v) is 2.11. The van der Waals surface area contributed by atoms with Crippen molar-refractivity contribution in [1.29, 1.82) is 0 Å². The molecule has 0 saturated heterocycles. The molecule has 0 unspecified atom stereocenters. The SMILES string of the molecule is O=C1CCCc2[nH]nc3cccc1c23. The van der Waals surface area contributed by atoms with Crippen LogP contribution in [0.3, 0.4) is 0 Å². The number of benzene rings is 1. The van der Waals surface area contributed by atoms with Crippen molar-refractivity contribution in [2.75, 3.05) is 0 Å². The van der Waals surface area contributed by atoms with E-state index >= 15 is 0 Å². The van der Waals surface area contributed by atoms with Crippen molar-refractivity contribution in [2.24, 2.45) is 0 Å². The van der Waals surface area contributed by atoms with Gasteiger partial charge >= 0.3 is 0 Å². The number of nitrogens with zero attached hydrogens (tertiary/aromatic N) is 1. The maximum Gasteiger partial charge on any atom is 0.163 e. The molecule has 3 nitrogen and oxygen atoms in total. The summed E-state index contributed by atoms with van der Waals surface area (Å²) in [4.78, 5) is 11.7. The van der Waals surface area contributed by atoms with Gasteiger partial charge in [0.1, 0.15) is 0 Å². The van der Waals surface area contributed by atoms with Crippen molar-refractivity contribution in [3.63, 3.8) is 0 Å². The first-order chi connectivity index (χ1) is 6.86. The van der Waals surface area contributed by atoms with Crippen molar-refractivity contribution in [2.45, 2.75) is 19.3 Å². The molecular weight excluding hydrogens is 176 g/mol. The second kappa shape index (κ2) is 2.67. The molecule has 0 amide bonds. The summed E-state index contributed by atoms with van der Waals surface area (Å²) in [5.41, 5.74) is 2.86. The number of rotatable bonds is 0. The van der Waals surface area contributed by atoms with Crippen LogP contribution in [0.1, 0.15) is 28.9 Å². The molecule has 0 fully saturated rings. The molecule has 0 radical (unpaired) electrons. The molecule has 1 aliphatic carbocycles. The van der Waals surface area contributed by atoms with E-state index in [1.807, 2.05) is 18.2 Å². The minimum atomic E-state index is 0.246. The summed E-state index contributed by atoms with van der Waals surface area (Å²) in [5, 5.41) is 8.24. The number of ketones is 1. The zero-order valence-corrected chi connectivity index (χ0v) is 7.71. The van der Waals surface area contributed by atoms with Gasteiger partial charge in [-0.1, -0.05) is 12.1 Å². The van der Waals surface area contributed by atoms with Gasteiger partial charge in [0, 0.05) is 23.1 Å². The van der Waals surface area contributed by atoms with E-state index in [1.165, 1.54) is 0 Å². The highest BCUT2D eigenvalue weighted by atomic mass is 16.1. The van der Waals surface area contributed by atoms with Crippen LogP contribution in [0.5, 0.6) is 0 Å². The van der Waals surface area contributed by atoms with Crippen molar-refractivity contribution in [3.05, 3.63) is 29.5 Å². The van der Waals surface area contributed by atoms with E-state index in [2.05, 4.69) is 10.2 Å². The molecule has 3 rings (SSSR count). The number of carbonyl (C=O) groups excluding carboxylic acids is 1. The molecule has 0 aliphatic heterocycles. The predicted octanol–water partition coefficient (Wildman–Crippen LogP) is 2.08. The summed E-state index contributed by atoms with van der Waals surface area (Å²) in [6.45, 7) is 0. The van der Waals surface area contributed by atoms with Crippen molar-refractivity contribution >= 4 is 16.7 Å². The summed E-state index contributed by atoms with van der Waals surface area (Å²) >= 11 is 0. The molecule has 2 aromatic rings. The number of aromatic amines is 1. The summed E-state index contributed by atoms with van der Waals surface area (Å²) in [6.07, 6.45) is 2.51. The molecule has 1 aromatic carbocycles. The smallest absolute Gasteiger partial charge is 0.163 e. The Labute approximate surface area is 81.1 Å². The Morgan fingerprint density at radius 1 is 1.29 bits per heavy atom. The Morgan fingerprint density at radius 3 is 3.14 bits per heavy atom. The maximum atomic E-state index is 11.7. The van der Waals surface area contributed by atoms with Crippen LogP contribution in [0.2, 0.25) is 0 Å². The van der Waals surface area contributed by atoms with E-state index in [1.54, 1.807) is 0 Å². The van der Waals surface area contributed by atoms with Crippen LogP contribution in [0.4, 0.5) is 0 Å². The van der Waals surface area contributed by atoms with Crippen LogP contribution in [0, 0.1) is 0 Å². The molecule has 1 heterocycles. The van der Waals surface area contributed by atoms with Crippen LogP contribution in [-0.2, 0) is 6.42 Å². The van der Waals surface area contributed by atoms with Crippen molar-refractivity contribution < 1.29 is 4.79 Å². The van der Waals surface area contributed by atoms with Gasteiger partial charge in [-0.25, -0.2) is 0 Å². The lowest BCUT2D eigenvalue weighted by atomic mass is 10.1. The summed E-state index contributed by atoms with van der Waals surface area (Å²) in [5.74, 6) is 0.246. The molecule has 1 aromatic heterocycles. The third-order valence-corrected chi connectivity index (χ3v) is 2.79. The van der Waals surface area contributed by atoms with Crippen LogP contribution in [0.25, 0.3) is 10.9 Å². The third kappa shape index (κ3) is 0.923. The van der Waals surface area contributed by atoms with E-state index in [0.29, 0.717) is 6.42 Å². The second-order valence-electron chi connectivity index (χ2n) is 3.68. The van der Waals surface area contributed by atoms with Crippen molar-refractivity contribution in [1.82, 2.24) is 10.2 Å². The first kappa shape index (κ1) is 7.74. The van der Waals surface area contributed by atoms with E-state index in [4.69, 9.17) is 0 Å². The normalized spacial score (nSPS) is 15.9. The van der Waals surface area contributed by atoms with Crippen LogP contribution in [0.15, 0.2) is 18.2 Å². The molecular formula is C11H10N2O. The fourth-order valence-electron chi connectivity index (χ4n) is 2.11. The van der Waals surface area contributed by atoms with Crippen molar-refractivity contribution in [3.8, 4) is 0 Å². The van der Waals surface area contributed by atoms with Gasteiger partial charge in [-0.05, 0) is 18.9 Å². The van der Waals surface area contributed by atoms with E-state index < -0.39 is 0 Å². The molecule has 14 heavy (non-hydrogen) atoms. The maximum absolute atomic E-state index is 11.7. The molecule has 0 atom stereocenters. The van der Waals surface area contributed by atoms with Crippen LogP contribution < -0.4 is 0 Å². The van der Waals surface area contributed by atoms with Gasteiger partial charge < -0.3 is 0 Å². The molecule has 1 aliphatic rings. The van der Waals surface area contributed by atoms with Gasteiger partial charge in [-0.2, -0.15) is 5.10 Å². The minimum Gasteiger partial charge on any atom is -0.294 e. The molecule has 1 N–H and O–H groups in total. The number of nitrogens with one attached hydrogen (secondary N) is 1. The largest absolute Gasteiger partial charge is 0.294 e. The average molecular weight is 186 g/mol. The Morgan fingerprint density at radius 2 is 2.21 bits per heavy atom. The molecule has 0 bridgehead atoms. The summed E-state index contributed by atoms with van der Waals surface area (Å²) < 4.78 is 0. The Hall–Kier alpha value is -1.64. The molecule has 0 spiro atoms. The number of carbonyl (C=O) groups is 1. The lowest BCUT2D eigenvalue weighted by molar-refractivity contribution is 0.0983. The van der Waals surface area contributed by atoms with Gasteiger partial charge in [0.15, 0.2) is 5.78 Å². The minimum absolute atomic E-state index is 0.246. The second-order valence-corrected chi connectivity index (χ2v) is 3.68. The highest BCUT2D eigenvalue weighted by Gasteiger charge is 2.18. The number of H-pyrrole nitrogens is 1. The highest BCUT2D eigenvalue weighted by Crippen LogP contribution is 2.26. The summed E-state index contributed by atoms with van der Waals surface area (Å²) in [7, 11) is 0. The molecule has 70 valence electrons. The van der Waals surface area contributed by atoms with Gasteiger partial charge in [-0.3, -0.25) is 9.89 Å². The molecule has 0 saturated carbocycles. The third-order valence-electron chi connectivity index (χ3n) is 2.79. The zero-order chi connectivity index (χ0) is 9.54. The van der Waals surface area contributed by atoms with E-state index in [0.717, 1.165) is 35.0 Å². The highest BCUT2D eigenvalue weighted by molar-refractivity contribution is 6.08. The number of aromatic nitrogens is 2. The Kier molecular flexibility index (Phi) is 1.48. The first-order valence-corrected chi connectivity index (χ1v) is 4.85. The number of hydrogen-bond acceptors (Lipinski definition) is 2. The Bertz CT molecular complexity index is 513. The number of aryl methyl sites for hydroxylation is 1. The first-order valence-electron chi connectivity index (χ1n) is 4.85. The topological polar surface area (TPSA) is 45.8 Å². The summed E-state index contributed by atoms with van der Waals surface area (Å²) in [6, 6.07) is 5.73. The number of Topliss-reactive ketones (excluding diaryl/α,β-unsaturated/α-hetero) is 1. The van der Waals surface area contributed by atoms with Crippen LogP contribution in [-0.4, -0.2) is 16.0 Å². The lowest BCUT2D eigenvalue weighted by Gasteiger charge is -1.97. The van der Waals surface area contributed by atoms with Crippen LogP contribution >= 0.6 is 0 Å².